The van der Waals surface area contributed by atoms with E-state index in [9.17, 15) is 9.59 Å². The number of hydrogen-bond acceptors (Lipinski definition) is 3. The zero-order chi connectivity index (χ0) is 10.5. The maximum atomic E-state index is 11.2. The van der Waals surface area contributed by atoms with Crippen LogP contribution in [0.25, 0.3) is 0 Å². The summed E-state index contributed by atoms with van der Waals surface area (Å²) in [6.07, 6.45) is 2.65. The van der Waals surface area contributed by atoms with Crippen molar-refractivity contribution in [3.05, 3.63) is 25.3 Å². The first-order chi connectivity index (χ1) is 6.00. The van der Waals surface area contributed by atoms with Crippen LogP contribution in [0.2, 0.25) is 0 Å². The second-order valence-corrected chi connectivity index (χ2v) is 2.96. The highest BCUT2D eigenvalue weighted by molar-refractivity contribution is 5.94. The number of ketones is 1. The van der Waals surface area contributed by atoms with Crippen LogP contribution in [-0.4, -0.2) is 18.9 Å². The van der Waals surface area contributed by atoms with Gasteiger partial charge in [-0.1, -0.05) is 12.7 Å². The van der Waals surface area contributed by atoms with E-state index >= 15 is 0 Å². The Morgan fingerprint density at radius 3 is 2.31 bits per heavy atom. The molecule has 0 aliphatic carbocycles. The van der Waals surface area contributed by atoms with Crippen LogP contribution >= 0.6 is 0 Å². The molecule has 1 atom stereocenters. The molecule has 0 aromatic carbocycles. The van der Waals surface area contributed by atoms with Gasteiger partial charge in [-0.15, -0.1) is 6.58 Å². The van der Waals surface area contributed by atoms with Crippen LogP contribution in [0.3, 0.4) is 0 Å². The van der Waals surface area contributed by atoms with Crippen LogP contribution in [0.5, 0.6) is 0 Å². The number of allylic oxidation sites excluding steroid dienone is 1. The van der Waals surface area contributed by atoms with E-state index in [1.165, 1.54) is 19.3 Å². The fourth-order valence-electron chi connectivity index (χ4n) is 0.895. The van der Waals surface area contributed by atoms with Crippen LogP contribution in [0, 0.1) is 5.41 Å². The molecule has 0 aromatic heterocycles. The summed E-state index contributed by atoms with van der Waals surface area (Å²) in [7, 11) is 1.28. The molecule has 0 aliphatic rings. The average molecular weight is 182 g/mol. The van der Waals surface area contributed by atoms with E-state index in [1.54, 1.807) is 6.92 Å². The molecule has 0 radical (unpaired) electrons. The third-order valence-corrected chi connectivity index (χ3v) is 1.87. The Morgan fingerprint density at radius 1 is 1.46 bits per heavy atom. The molecule has 3 nitrogen and oxygen atoms in total. The van der Waals surface area contributed by atoms with E-state index < -0.39 is 11.4 Å². The highest BCUT2D eigenvalue weighted by Crippen LogP contribution is 2.24. The Kier molecular flexibility index (Phi) is 4.11. The maximum Gasteiger partial charge on any atom is 0.315 e. The topological polar surface area (TPSA) is 43.4 Å². The molecule has 0 N–H and O–H groups in total. The second-order valence-electron chi connectivity index (χ2n) is 2.96. The van der Waals surface area contributed by atoms with Crippen molar-refractivity contribution in [3.8, 4) is 0 Å². The third kappa shape index (κ3) is 2.86. The number of hydrogen-bond donors (Lipinski definition) is 0. The largest absolute Gasteiger partial charge is 0.468 e. The molecule has 0 saturated carbocycles. The summed E-state index contributed by atoms with van der Waals surface area (Å²) in [5, 5.41) is 0. The number of carbonyl (C=O) groups is 2. The first-order valence-electron chi connectivity index (χ1n) is 3.87. The quantitative estimate of drug-likeness (QED) is 0.367. The monoisotopic (exact) mass is 182 g/mol. The van der Waals surface area contributed by atoms with Gasteiger partial charge in [0.25, 0.3) is 0 Å². The Hall–Kier alpha value is -1.38. The van der Waals surface area contributed by atoms with Crippen molar-refractivity contribution >= 4 is 11.8 Å². The number of esters is 1. The van der Waals surface area contributed by atoms with Gasteiger partial charge in [-0.3, -0.25) is 9.59 Å². The van der Waals surface area contributed by atoms with E-state index in [4.69, 9.17) is 0 Å². The molecule has 13 heavy (non-hydrogen) atoms. The van der Waals surface area contributed by atoms with Crippen LogP contribution in [0.15, 0.2) is 25.3 Å². The molecular formula is C10H14O3. The van der Waals surface area contributed by atoms with Crippen LogP contribution in [0.4, 0.5) is 0 Å². The van der Waals surface area contributed by atoms with Crippen molar-refractivity contribution < 1.29 is 14.3 Å². The molecule has 0 aliphatic heterocycles. The van der Waals surface area contributed by atoms with Crippen molar-refractivity contribution in [3.63, 3.8) is 0 Å². The Morgan fingerprint density at radius 2 is 2.00 bits per heavy atom. The molecule has 0 bridgehead atoms. The first-order valence-corrected chi connectivity index (χ1v) is 3.87. The van der Waals surface area contributed by atoms with Gasteiger partial charge in [0.05, 0.1) is 12.5 Å². The molecular weight excluding hydrogens is 168 g/mol. The minimum absolute atomic E-state index is 0.0483. The van der Waals surface area contributed by atoms with E-state index in [1.807, 2.05) is 0 Å². The summed E-state index contributed by atoms with van der Waals surface area (Å²) in [6, 6.07) is 0. The molecule has 0 fully saturated rings. The summed E-state index contributed by atoms with van der Waals surface area (Å²) in [4.78, 5) is 22.3. The number of carbonyl (C=O) groups excluding carboxylic acids is 2. The lowest BCUT2D eigenvalue weighted by Crippen LogP contribution is -2.29. The van der Waals surface area contributed by atoms with Crippen molar-refractivity contribution in [2.45, 2.75) is 13.3 Å². The van der Waals surface area contributed by atoms with Gasteiger partial charge in [-0.05, 0) is 13.0 Å². The summed E-state index contributed by atoms with van der Waals surface area (Å²) in [5.41, 5.74) is -0.944. The van der Waals surface area contributed by atoms with Gasteiger partial charge in [0.2, 0.25) is 0 Å². The summed E-state index contributed by atoms with van der Waals surface area (Å²) >= 11 is 0. The summed E-state index contributed by atoms with van der Waals surface area (Å²) in [6.45, 7) is 8.43. The van der Waals surface area contributed by atoms with Gasteiger partial charge in [-0.25, -0.2) is 0 Å². The molecule has 1 unspecified atom stereocenters. The zero-order valence-electron chi connectivity index (χ0n) is 8.00. The lowest BCUT2D eigenvalue weighted by atomic mass is 9.85. The average Bonchev–Trinajstić information content (AvgIpc) is 2.15. The molecule has 0 heterocycles. The van der Waals surface area contributed by atoms with Crippen molar-refractivity contribution in [1.82, 2.24) is 0 Å². The fraction of sp³-hybridized carbons (Fsp3) is 0.400. The number of rotatable bonds is 5. The Balaban J connectivity index is 4.63. The van der Waals surface area contributed by atoms with Crippen molar-refractivity contribution in [2.75, 3.05) is 7.11 Å². The van der Waals surface area contributed by atoms with Gasteiger partial charge in [0.1, 0.15) is 0 Å². The van der Waals surface area contributed by atoms with Gasteiger partial charge < -0.3 is 4.74 Å². The predicted molar refractivity (Wildman–Crippen MR) is 50.1 cm³/mol. The second kappa shape index (κ2) is 4.60. The highest BCUT2D eigenvalue weighted by Gasteiger charge is 2.32. The van der Waals surface area contributed by atoms with Crippen molar-refractivity contribution in [1.29, 1.82) is 0 Å². The van der Waals surface area contributed by atoms with Crippen LogP contribution < -0.4 is 0 Å². The third-order valence-electron chi connectivity index (χ3n) is 1.87. The van der Waals surface area contributed by atoms with Gasteiger partial charge in [0.15, 0.2) is 5.78 Å². The van der Waals surface area contributed by atoms with E-state index in [0.29, 0.717) is 0 Å². The normalized spacial score (nSPS) is 14.0. The van der Waals surface area contributed by atoms with Crippen molar-refractivity contribution in [2.24, 2.45) is 5.41 Å². The summed E-state index contributed by atoms with van der Waals surface area (Å²) < 4.78 is 4.55. The van der Waals surface area contributed by atoms with Gasteiger partial charge >= 0.3 is 5.97 Å². The minimum Gasteiger partial charge on any atom is -0.468 e. The lowest BCUT2D eigenvalue weighted by molar-refractivity contribution is -0.150. The van der Waals surface area contributed by atoms with E-state index in [2.05, 4.69) is 17.9 Å². The molecule has 0 amide bonds. The summed E-state index contributed by atoms with van der Waals surface area (Å²) in [5.74, 6) is -0.662. The number of methoxy groups -OCH3 is 1. The Bertz CT molecular complexity index is 243. The fourth-order valence-corrected chi connectivity index (χ4v) is 0.895. The molecule has 0 rings (SSSR count). The van der Waals surface area contributed by atoms with Crippen LogP contribution in [-0.2, 0) is 14.3 Å². The minimum atomic E-state index is -0.944. The lowest BCUT2D eigenvalue weighted by Gasteiger charge is -2.20. The first kappa shape index (κ1) is 11.6. The zero-order valence-corrected chi connectivity index (χ0v) is 8.00. The smallest absolute Gasteiger partial charge is 0.315 e. The Labute approximate surface area is 78.1 Å². The SMILES string of the molecule is C=CC(=O)CC(C)(C=C)C(=O)OC. The van der Waals surface area contributed by atoms with E-state index in [0.717, 1.165) is 0 Å². The maximum absolute atomic E-state index is 11.2. The van der Waals surface area contributed by atoms with Gasteiger partial charge in [0, 0.05) is 6.42 Å². The standard InChI is InChI=1S/C10H14O3/c1-5-8(11)7-10(3,6-2)9(12)13-4/h5-6H,1-2,7H2,3-4H3. The molecule has 0 aromatic rings. The number of ether oxygens (including phenoxy) is 1. The predicted octanol–water partition coefficient (Wildman–Crippen LogP) is 1.50. The molecule has 0 saturated heterocycles. The molecule has 0 spiro atoms. The molecule has 3 heteroatoms. The van der Waals surface area contributed by atoms with E-state index in [-0.39, 0.29) is 12.2 Å². The van der Waals surface area contributed by atoms with Gasteiger partial charge in [-0.2, -0.15) is 0 Å². The molecule has 72 valence electrons. The van der Waals surface area contributed by atoms with Crippen LogP contribution in [0.1, 0.15) is 13.3 Å². The highest BCUT2D eigenvalue weighted by atomic mass is 16.5.